The van der Waals surface area contributed by atoms with Gasteiger partial charge in [0.25, 0.3) is 6.01 Å². The van der Waals surface area contributed by atoms with Crippen molar-refractivity contribution in [3.63, 3.8) is 0 Å². The Balaban J connectivity index is 1.70. The second-order valence-corrected chi connectivity index (χ2v) is 6.80. The van der Waals surface area contributed by atoms with Crippen LogP contribution < -0.4 is 5.32 Å². The molecule has 0 unspecified atom stereocenters. The molecule has 0 spiro atoms. The van der Waals surface area contributed by atoms with E-state index in [-0.39, 0.29) is 17.5 Å². The summed E-state index contributed by atoms with van der Waals surface area (Å²) in [5.41, 5.74) is 1.95. The summed E-state index contributed by atoms with van der Waals surface area (Å²) in [6.07, 6.45) is -1.70. The maximum absolute atomic E-state index is 13.3. The summed E-state index contributed by atoms with van der Waals surface area (Å²) >= 11 is 0. The Morgan fingerprint density at radius 1 is 1.21 bits per heavy atom. The van der Waals surface area contributed by atoms with Crippen LogP contribution in [-0.2, 0) is 19.0 Å². The van der Waals surface area contributed by atoms with Crippen molar-refractivity contribution in [1.29, 1.82) is 0 Å². The van der Waals surface area contributed by atoms with Crippen LogP contribution in [0.15, 0.2) is 40.9 Å². The molecule has 0 saturated heterocycles. The van der Waals surface area contributed by atoms with Gasteiger partial charge in [-0.05, 0) is 49.1 Å². The number of rotatable bonds is 3. The van der Waals surface area contributed by atoms with E-state index in [4.69, 9.17) is 4.42 Å². The monoisotopic (exact) mass is 389 g/mol. The summed E-state index contributed by atoms with van der Waals surface area (Å²) in [7, 11) is 0. The lowest BCUT2D eigenvalue weighted by molar-refractivity contribution is -0.137. The molecule has 0 aliphatic heterocycles. The van der Waals surface area contributed by atoms with E-state index in [0.29, 0.717) is 18.5 Å². The Bertz CT molecular complexity index is 1010. The first-order chi connectivity index (χ1) is 13.3. The van der Waals surface area contributed by atoms with Gasteiger partial charge in [-0.3, -0.25) is 4.98 Å². The molecule has 0 radical (unpaired) electrons. The average molecular weight is 389 g/mol. The first-order valence-electron chi connectivity index (χ1n) is 8.89. The zero-order valence-corrected chi connectivity index (χ0v) is 15.0. The third-order valence-electron chi connectivity index (χ3n) is 4.83. The second kappa shape index (κ2) is 6.94. The molecule has 0 fully saturated rings. The van der Waals surface area contributed by atoms with E-state index in [9.17, 15) is 18.3 Å². The van der Waals surface area contributed by atoms with Gasteiger partial charge in [-0.15, -0.1) is 0 Å². The second-order valence-electron chi connectivity index (χ2n) is 6.80. The molecule has 1 aliphatic rings. The predicted octanol–water partition coefficient (Wildman–Crippen LogP) is 4.66. The van der Waals surface area contributed by atoms with Crippen LogP contribution in [-0.4, -0.2) is 21.2 Å². The molecule has 2 aromatic heterocycles. The largest absolute Gasteiger partial charge is 0.421 e. The van der Waals surface area contributed by atoms with Gasteiger partial charge >= 0.3 is 6.18 Å². The summed E-state index contributed by atoms with van der Waals surface area (Å²) < 4.78 is 45.5. The quantitative estimate of drug-likeness (QED) is 0.682. The van der Waals surface area contributed by atoms with Crippen LogP contribution in [0.2, 0.25) is 0 Å². The molecule has 2 heterocycles. The molecular formula is C20H18F3N3O2. The molecule has 1 atom stereocenters. The van der Waals surface area contributed by atoms with Gasteiger partial charge in [-0.2, -0.15) is 18.2 Å². The molecule has 1 aliphatic carbocycles. The van der Waals surface area contributed by atoms with Crippen molar-refractivity contribution in [2.24, 2.45) is 0 Å². The molecule has 28 heavy (non-hydrogen) atoms. The molecule has 1 aromatic carbocycles. The summed E-state index contributed by atoms with van der Waals surface area (Å²) in [4.78, 5) is 8.09. The number of aliphatic hydroxyl groups excluding tert-OH is 1. The number of alkyl halides is 3. The Morgan fingerprint density at radius 2 is 2.04 bits per heavy atom. The van der Waals surface area contributed by atoms with E-state index in [1.807, 2.05) is 18.2 Å². The van der Waals surface area contributed by atoms with Gasteiger partial charge in [0.2, 0.25) is 0 Å². The number of aryl methyl sites for hydroxylation is 2. The third-order valence-corrected chi connectivity index (χ3v) is 4.83. The summed E-state index contributed by atoms with van der Waals surface area (Å²) in [5, 5.41) is 13.0. The smallest absolute Gasteiger partial charge is 0.418 e. The Labute approximate surface area is 159 Å². The van der Waals surface area contributed by atoms with Gasteiger partial charge in [0, 0.05) is 18.3 Å². The number of nitrogens with zero attached hydrogens (tertiary/aromatic N) is 2. The molecule has 4 rings (SSSR count). The Hall–Kier alpha value is -2.87. The van der Waals surface area contributed by atoms with Gasteiger partial charge < -0.3 is 14.8 Å². The van der Waals surface area contributed by atoms with Crippen LogP contribution in [0.4, 0.5) is 24.9 Å². The van der Waals surface area contributed by atoms with Gasteiger partial charge in [0.15, 0.2) is 5.76 Å². The van der Waals surface area contributed by atoms with Crippen LogP contribution in [0.5, 0.6) is 0 Å². The van der Waals surface area contributed by atoms with Gasteiger partial charge in [0.05, 0.1) is 17.4 Å². The predicted molar refractivity (Wildman–Crippen MR) is 97.2 cm³/mol. The fourth-order valence-electron chi connectivity index (χ4n) is 3.49. The molecule has 0 saturated carbocycles. The minimum absolute atomic E-state index is 0.0275. The fourth-order valence-corrected chi connectivity index (χ4v) is 3.49. The highest BCUT2D eigenvalue weighted by Crippen LogP contribution is 2.38. The average Bonchev–Trinajstić information content (AvgIpc) is 3.01. The lowest BCUT2D eigenvalue weighted by Gasteiger charge is -2.23. The van der Waals surface area contributed by atoms with Crippen molar-refractivity contribution in [1.82, 2.24) is 9.97 Å². The standard InChI is InChI=1S/C20H18F3N3O2/c1-11-18(17-15(20(21,22)23)5-3-9-24-17)28-19(25-11)26-16-6-2-4-12-7-8-13(27)10-14(12)16/h2-6,9,13,27H,7-8,10H2,1H3,(H,25,26)/t13-/m1/s1. The molecule has 5 nitrogen and oxygen atoms in total. The summed E-state index contributed by atoms with van der Waals surface area (Å²) in [6.45, 7) is 1.57. The van der Waals surface area contributed by atoms with E-state index >= 15 is 0 Å². The number of hydrogen-bond acceptors (Lipinski definition) is 5. The molecule has 0 amide bonds. The SMILES string of the molecule is Cc1nc(Nc2cccc3c2C[C@H](O)CC3)oc1-c1ncccc1C(F)(F)F. The number of fused-ring (bicyclic) bond motifs is 1. The Kier molecular flexibility index (Phi) is 4.58. The lowest BCUT2D eigenvalue weighted by Crippen LogP contribution is -2.19. The molecule has 3 aromatic rings. The van der Waals surface area contributed by atoms with E-state index < -0.39 is 17.8 Å². The first-order valence-corrected chi connectivity index (χ1v) is 8.89. The lowest BCUT2D eigenvalue weighted by atomic mass is 9.88. The number of halogens is 3. The van der Waals surface area contributed by atoms with Crippen LogP contribution in [0.1, 0.15) is 28.8 Å². The third kappa shape index (κ3) is 3.47. The number of benzene rings is 1. The minimum atomic E-state index is -4.55. The molecule has 8 heteroatoms. The highest BCUT2D eigenvalue weighted by atomic mass is 19.4. The van der Waals surface area contributed by atoms with Crippen LogP contribution in [0.3, 0.4) is 0 Å². The Morgan fingerprint density at radius 3 is 2.82 bits per heavy atom. The fraction of sp³-hybridized carbons (Fsp3) is 0.300. The maximum atomic E-state index is 13.3. The number of hydrogen-bond donors (Lipinski definition) is 2. The maximum Gasteiger partial charge on any atom is 0.418 e. The number of aromatic nitrogens is 2. The highest BCUT2D eigenvalue weighted by molar-refractivity contribution is 5.65. The zero-order chi connectivity index (χ0) is 19.9. The number of pyridine rings is 1. The van der Waals surface area contributed by atoms with Crippen molar-refractivity contribution >= 4 is 11.7 Å². The number of anilines is 2. The van der Waals surface area contributed by atoms with Crippen molar-refractivity contribution in [3.8, 4) is 11.5 Å². The summed E-state index contributed by atoms with van der Waals surface area (Å²) in [5.74, 6) is -0.0275. The number of nitrogens with one attached hydrogen (secondary N) is 1. The van der Waals surface area contributed by atoms with Crippen LogP contribution in [0, 0.1) is 6.92 Å². The summed E-state index contributed by atoms with van der Waals surface area (Å²) in [6, 6.07) is 8.00. The molecule has 2 N–H and O–H groups in total. The van der Waals surface area contributed by atoms with Crippen LogP contribution >= 0.6 is 0 Å². The van der Waals surface area contributed by atoms with Gasteiger partial charge in [0.1, 0.15) is 5.69 Å². The van der Waals surface area contributed by atoms with Crippen molar-refractivity contribution in [3.05, 3.63) is 58.9 Å². The van der Waals surface area contributed by atoms with Crippen molar-refractivity contribution in [2.45, 2.75) is 38.5 Å². The molecular weight excluding hydrogens is 371 g/mol. The molecule has 0 bridgehead atoms. The first kappa shape index (κ1) is 18.5. The molecule has 146 valence electrons. The number of aliphatic hydroxyl groups is 1. The van der Waals surface area contributed by atoms with Crippen molar-refractivity contribution < 1.29 is 22.7 Å². The van der Waals surface area contributed by atoms with Gasteiger partial charge in [-0.25, -0.2) is 0 Å². The normalized spacial score (nSPS) is 16.7. The van der Waals surface area contributed by atoms with Crippen molar-refractivity contribution in [2.75, 3.05) is 5.32 Å². The van der Waals surface area contributed by atoms with E-state index in [0.717, 1.165) is 29.3 Å². The van der Waals surface area contributed by atoms with E-state index in [1.165, 1.54) is 12.3 Å². The van der Waals surface area contributed by atoms with Crippen LogP contribution in [0.25, 0.3) is 11.5 Å². The van der Waals surface area contributed by atoms with Gasteiger partial charge in [-0.1, -0.05) is 12.1 Å². The highest BCUT2D eigenvalue weighted by Gasteiger charge is 2.36. The minimum Gasteiger partial charge on any atom is -0.421 e. The topological polar surface area (TPSA) is 71.2 Å². The van der Waals surface area contributed by atoms with E-state index in [2.05, 4.69) is 15.3 Å². The van der Waals surface area contributed by atoms with E-state index in [1.54, 1.807) is 6.92 Å². The number of oxazole rings is 1. The zero-order valence-electron chi connectivity index (χ0n) is 15.0.